The summed E-state index contributed by atoms with van der Waals surface area (Å²) in [5, 5.41) is 9.59. The highest BCUT2D eigenvalue weighted by atomic mass is 79.9. The number of imidazole rings is 2. The molecule has 0 aliphatic heterocycles. The summed E-state index contributed by atoms with van der Waals surface area (Å²) < 4.78 is 4.35. The molecule has 0 bridgehead atoms. The second kappa shape index (κ2) is 4.49. The van der Waals surface area contributed by atoms with Crippen LogP contribution >= 0.6 is 27.5 Å². The molecule has 0 aliphatic carbocycles. The van der Waals surface area contributed by atoms with Crippen molar-refractivity contribution in [1.82, 2.24) is 14.0 Å². The summed E-state index contributed by atoms with van der Waals surface area (Å²) in [6, 6.07) is 3.85. The Bertz CT molecular complexity index is 866. The summed E-state index contributed by atoms with van der Waals surface area (Å²) in [4.78, 5) is 15.5. The molecule has 0 unspecified atom stereocenters. The molecule has 0 fully saturated rings. The van der Waals surface area contributed by atoms with Crippen molar-refractivity contribution in [2.75, 3.05) is 0 Å². The van der Waals surface area contributed by atoms with Gasteiger partial charge in [0.25, 0.3) is 0 Å². The molecule has 2 heterocycles. The molecular weight excluding hydrogens is 346 g/mol. The molecule has 0 radical (unpaired) electrons. The van der Waals surface area contributed by atoms with E-state index in [4.69, 9.17) is 16.7 Å². The SMILES string of the molecule is Cc1cc(Cl)c2nc3n(C)c(CC(=O)O)c(Br)n3c2c1. The normalized spacial score (nSPS) is 11.6. The Morgan fingerprint density at radius 3 is 2.85 bits per heavy atom. The molecule has 1 aromatic carbocycles. The van der Waals surface area contributed by atoms with Crippen LogP contribution < -0.4 is 0 Å². The third kappa shape index (κ3) is 1.83. The van der Waals surface area contributed by atoms with E-state index in [0.717, 1.165) is 11.1 Å². The fourth-order valence-corrected chi connectivity index (χ4v) is 3.46. The average molecular weight is 357 g/mol. The molecule has 0 spiro atoms. The fourth-order valence-electron chi connectivity index (χ4n) is 2.40. The molecule has 3 aromatic rings. The first kappa shape index (κ1) is 13.5. The Labute approximate surface area is 127 Å². The van der Waals surface area contributed by atoms with Gasteiger partial charge in [0.2, 0.25) is 5.78 Å². The van der Waals surface area contributed by atoms with Gasteiger partial charge in [-0.05, 0) is 40.5 Å². The minimum Gasteiger partial charge on any atom is -0.481 e. The van der Waals surface area contributed by atoms with Gasteiger partial charge in [-0.1, -0.05) is 11.6 Å². The number of rotatable bonds is 2. The Morgan fingerprint density at radius 2 is 2.20 bits per heavy atom. The Balaban J connectivity index is 2.43. The number of aliphatic carboxylic acids is 1. The molecule has 0 saturated carbocycles. The zero-order valence-corrected chi connectivity index (χ0v) is 13.2. The third-order valence-electron chi connectivity index (χ3n) is 3.30. The maximum atomic E-state index is 11.0. The van der Waals surface area contributed by atoms with Gasteiger partial charge in [-0.15, -0.1) is 0 Å². The van der Waals surface area contributed by atoms with E-state index in [1.807, 2.05) is 23.5 Å². The summed E-state index contributed by atoms with van der Waals surface area (Å²) in [5.41, 5.74) is 3.27. The van der Waals surface area contributed by atoms with Crippen molar-refractivity contribution in [3.05, 3.63) is 33.0 Å². The van der Waals surface area contributed by atoms with E-state index in [0.29, 0.717) is 26.6 Å². The number of carboxylic acid groups (broad SMARTS) is 1. The van der Waals surface area contributed by atoms with Gasteiger partial charge in [-0.25, -0.2) is 4.98 Å². The number of halogens is 2. The van der Waals surface area contributed by atoms with E-state index < -0.39 is 5.97 Å². The number of carbonyl (C=O) groups is 1. The number of aromatic nitrogens is 3. The summed E-state index contributed by atoms with van der Waals surface area (Å²) in [5.74, 6) is -0.219. The molecule has 5 nitrogen and oxygen atoms in total. The van der Waals surface area contributed by atoms with Crippen LogP contribution in [0.25, 0.3) is 16.8 Å². The van der Waals surface area contributed by atoms with Crippen molar-refractivity contribution in [3.8, 4) is 0 Å². The summed E-state index contributed by atoms with van der Waals surface area (Å²) in [6.07, 6.45) is -0.0680. The fraction of sp³-hybridized carbons (Fsp3) is 0.231. The smallest absolute Gasteiger partial charge is 0.309 e. The molecule has 0 amide bonds. The number of fused-ring (bicyclic) bond motifs is 3. The van der Waals surface area contributed by atoms with E-state index in [-0.39, 0.29) is 6.42 Å². The molecule has 104 valence electrons. The van der Waals surface area contributed by atoms with Gasteiger partial charge in [0, 0.05) is 7.05 Å². The first-order valence-corrected chi connectivity index (χ1v) is 7.10. The zero-order chi connectivity index (χ0) is 14.6. The number of carboxylic acids is 1. The number of aryl methyl sites for hydroxylation is 2. The van der Waals surface area contributed by atoms with Crippen LogP contribution in [0.15, 0.2) is 16.7 Å². The molecule has 0 saturated heterocycles. The zero-order valence-electron chi connectivity index (χ0n) is 10.8. The van der Waals surface area contributed by atoms with Crippen molar-refractivity contribution in [1.29, 1.82) is 0 Å². The molecule has 0 aliphatic rings. The molecule has 0 atom stereocenters. The van der Waals surface area contributed by atoms with Crippen molar-refractivity contribution >= 4 is 50.3 Å². The highest BCUT2D eigenvalue weighted by Crippen LogP contribution is 2.31. The van der Waals surface area contributed by atoms with Crippen LogP contribution in [0, 0.1) is 6.92 Å². The number of nitrogens with zero attached hydrogens (tertiary/aromatic N) is 3. The predicted molar refractivity (Wildman–Crippen MR) is 80.5 cm³/mol. The number of hydrogen-bond acceptors (Lipinski definition) is 2. The quantitative estimate of drug-likeness (QED) is 0.767. The third-order valence-corrected chi connectivity index (χ3v) is 4.40. The summed E-state index contributed by atoms with van der Waals surface area (Å²) in [7, 11) is 1.80. The lowest BCUT2D eigenvalue weighted by Gasteiger charge is -2.01. The maximum Gasteiger partial charge on any atom is 0.309 e. The Morgan fingerprint density at radius 1 is 1.50 bits per heavy atom. The van der Waals surface area contributed by atoms with Crippen LogP contribution in [0.1, 0.15) is 11.3 Å². The lowest BCUT2D eigenvalue weighted by atomic mass is 10.2. The molecule has 2 aromatic heterocycles. The van der Waals surface area contributed by atoms with Crippen LogP contribution in [-0.4, -0.2) is 25.0 Å². The first-order valence-electron chi connectivity index (χ1n) is 5.93. The summed E-state index contributed by atoms with van der Waals surface area (Å²) in [6.45, 7) is 1.96. The van der Waals surface area contributed by atoms with Gasteiger partial charge < -0.3 is 9.67 Å². The van der Waals surface area contributed by atoms with Crippen molar-refractivity contribution in [2.24, 2.45) is 7.05 Å². The lowest BCUT2D eigenvalue weighted by Crippen LogP contribution is -2.06. The predicted octanol–water partition coefficient (Wildman–Crippen LogP) is 3.18. The van der Waals surface area contributed by atoms with Gasteiger partial charge in [-0.2, -0.15) is 0 Å². The number of hydrogen-bond donors (Lipinski definition) is 1. The van der Waals surface area contributed by atoms with Crippen LogP contribution in [0.2, 0.25) is 5.02 Å². The second-order valence-electron chi connectivity index (χ2n) is 4.73. The first-order chi connectivity index (χ1) is 9.40. The van der Waals surface area contributed by atoms with Crippen molar-refractivity contribution in [3.63, 3.8) is 0 Å². The standard InChI is InChI=1S/C13H11BrClN3O2/c1-6-3-7(15)11-8(4-6)18-12(14)9(5-10(19)20)17(2)13(18)16-11/h3-4H,5H2,1-2H3,(H,19,20). The van der Waals surface area contributed by atoms with Crippen molar-refractivity contribution in [2.45, 2.75) is 13.3 Å². The monoisotopic (exact) mass is 355 g/mol. The van der Waals surface area contributed by atoms with E-state index in [2.05, 4.69) is 20.9 Å². The van der Waals surface area contributed by atoms with Crippen molar-refractivity contribution < 1.29 is 9.90 Å². The maximum absolute atomic E-state index is 11.0. The van der Waals surface area contributed by atoms with E-state index in [1.165, 1.54) is 0 Å². The largest absolute Gasteiger partial charge is 0.481 e. The molecule has 20 heavy (non-hydrogen) atoms. The van der Waals surface area contributed by atoms with Gasteiger partial charge in [-0.3, -0.25) is 9.20 Å². The van der Waals surface area contributed by atoms with Crippen LogP contribution in [0.5, 0.6) is 0 Å². The Kier molecular flexibility index (Phi) is 3.02. The van der Waals surface area contributed by atoms with Gasteiger partial charge in [0.05, 0.1) is 22.7 Å². The van der Waals surface area contributed by atoms with Crippen LogP contribution in [-0.2, 0) is 18.3 Å². The number of benzene rings is 1. The highest BCUT2D eigenvalue weighted by molar-refractivity contribution is 9.10. The van der Waals surface area contributed by atoms with Gasteiger partial charge in [0.1, 0.15) is 10.1 Å². The van der Waals surface area contributed by atoms with E-state index in [9.17, 15) is 4.79 Å². The molecule has 7 heteroatoms. The highest BCUT2D eigenvalue weighted by Gasteiger charge is 2.20. The minimum absolute atomic E-state index is 0.0680. The second-order valence-corrected chi connectivity index (χ2v) is 5.89. The lowest BCUT2D eigenvalue weighted by molar-refractivity contribution is -0.136. The molecule has 1 N–H and O–H groups in total. The molecule has 3 rings (SSSR count). The Hall–Kier alpha value is -1.53. The van der Waals surface area contributed by atoms with Crippen LogP contribution in [0.3, 0.4) is 0 Å². The van der Waals surface area contributed by atoms with Gasteiger partial charge >= 0.3 is 5.97 Å². The van der Waals surface area contributed by atoms with E-state index in [1.54, 1.807) is 11.6 Å². The summed E-state index contributed by atoms with van der Waals surface area (Å²) >= 11 is 9.70. The van der Waals surface area contributed by atoms with Crippen LogP contribution in [0.4, 0.5) is 0 Å². The topological polar surface area (TPSA) is 59.5 Å². The van der Waals surface area contributed by atoms with E-state index >= 15 is 0 Å². The van der Waals surface area contributed by atoms with Gasteiger partial charge in [0.15, 0.2) is 0 Å². The molecular formula is C13H11BrClN3O2. The average Bonchev–Trinajstić information content (AvgIpc) is 2.82. The minimum atomic E-state index is -0.881.